The van der Waals surface area contributed by atoms with Crippen molar-refractivity contribution in [1.82, 2.24) is 25.4 Å². The average molecular weight is 329 g/mol. The number of hydrogen-bond acceptors (Lipinski definition) is 5. The van der Waals surface area contributed by atoms with Gasteiger partial charge in [0.15, 0.2) is 17.3 Å². The fraction of sp³-hybridized carbons (Fsp3) is 0.438. The monoisotopic (exact) mass is 329 g/mol. The van der Waals surface area contributed by atoms with Crippen molar-refractivity contribution >= 4 is 6.03 Å². The van der Waals surface area contributed by atoms with Crippen LogP contribution in [0, 0.1) is 0 Å². The molecule has 126 valence electrons. The van der Waals surface area contributed by atoms with Crippen molar-refractivity contribution in [3.8, 4) is 11.5 Å². The van der Waals surface area contributed by atoms with E-state index >= 15 is 0 Å². The molecule has 0 unspecified atom stereocenters. The van der Waals surface area contributed by atoms with Gasteiger partial charge in [0.1, 0.15) is 19.0 Å². The molecular formula is C16H19N5O3. The molecule has 4 rings (SSSR count). The number of aryl methyl sites for hydroxylation is 1. The molecule has 1 aromatic carbocycles. The van der Waals surface area contributed by atoms with Crippen molar-refractivity contribution in [1.29, 1.82) is 0 Å². The van der Waals surface area contributed by atoms with Crippen LogP contribution in [0.1, 0.15) is 23.6 Å². The molecule has 1 aromatic heterocycles. The maximum atomic E-state index is 12.0. The molecule has 2 aliphatic heterocycles. The molecule has 2 aromatic rings. The zero-order valence-electron chi connectivity index (χ0n) is 13.2. The van der Waals surface area contributed by atoms with Gasteiger partial charge in [0.25, 0.3) is 0 Å². The van der Waals surface area contributed by atoms with Crippen LogP contribution in [0.15, 0.2) is 18.2 Å². The number of rotatable bonds is 4. The third-order valence-electron chi connectivity index (χ3n) is 4.15. The molecule has 0 bridgehead atoms. The van der Waals surface area contributed by atoms with Crippen molar-refractivity contribution < 1.29 is 14.3 Å². The SMILES string of the molecule is O=C(NCc1ccc2c(c1)OCCO2)NCc1nnc2n1CCC2. The van der Waals surface area contributed by atoms with Crippen LogP contribution < -0.4 is 20.1 Å². The van der Waals surface area contributed by atoms with Crippen LogP contribution in [-0.2, 0) is 26.1 Å². The number of hydrogen-bond donors (Lipinski definition) is 2. The molecule has 0 spiro atoms. The lowest BCUT2D eigenvalue weighted by molar-refractivity contribution is 0.171. The van der Waals surface area contributed by atoms with E-state index in [1.807, 2.05) is 18.2 Å². The van der Waals surface area contributed by atoms with E-state index in [1.165, 1.54) is 0 Å². The normalized spacial score (nSPS) is 15.0. The summed E-state index contributed by atoms with van der Waals surface area (Å²) in [6, 6.07) is 5.43. The molecule has 0 saturated heterocycles. The fourth-order valence-corrected chi connectivity index (χ4v) is 2.94. The second-order valence-corrected chi connectivity index (χ2v) is 5.80. The molecule has 2 amide bonds. The Labute approximate surface area is 139 Å². The van der Waals surface area contributed by atoms with Crippen LogP contribution in [0.3, 0.4) is 0 Å². The van der Waals surface area contributed by atoms with Gasteiger partial charge in [-0.1, -0.05) is 6.07 Å². The van der Waals surface area contributed by atoms with Crippen molar-refractivity contribution in [2.75, 3.05) is 13.2 Å². The Morgan fingerprint density at radius 2 is 1.96 bits per heavy atom. The van der Waals surface area contributed by atoms with E-state index in [1.54, 1.807) is 0 Å². The lowest BCUT2D eigenvalue weighted by atomic mass is 10.2. The van der Waals surface area contributed by atoms with E-state index in [-0.39, 0.29) is 6.03 Å². The fourth-order valence-electron chi connectivity index (χ4n) is 2.94. The molecule has 0 fully saturated rings. The number of nitrogens with zero attached hydrogens (tertiary/aromatic N) is 3. The highest BCUT2D eigenvalue weighted by Crippen LogP contribution is 2.30. The van der Waals surface area contributed by atoms with Gasteiger partial charge in [-0.25, -0.2) is 4.79 Å². The first-order chi connectivity index (χ1) is 11.8. The predicted molar refractivity (Wildman–Crippen MR) is 84.9 cm³/mol. The smallest absolute Gasteiger partial charge is 0.315 e. The van der Waals surface area contributed by atoms with Crippen LogP contribution in [0.25, 0.3) is 0 Å². The van der Waals surface area contributed by atoms with Gasteiger partial charge in [0, 0.05) is 19.5 Å². The van der Waals surface area contributed by atoms with Crippen LogP contribution in [0.2, 0.25) is 0 Å². The maximum Gasteiger partial charge on any atom is 0.315 e. The summed E-state index contributed by atoms with van der Waals surface area (Å²) in [5.74, 6) is 3.27. The highest BCUT2D eigenvalue weighted by Gasteiger charge is 2.17. The summed E-state index contributed by atoms with van der Waals surface area (Å²) in [7, 11) is 0. The Morgan fingerprint density at radius 3 is 2.88 bits per heavy atom. The molecule has 3 heterocycles. The predicted octanol–water partition coefficient (Wildman–Crippen LogP) is 0.995. The zero-order valence-corrected chi connectivity index (χ0v) is 13.2. The quantitative estimate of drug-likeness (QED) is 0.873. The average Bonchev–Trinajstić information content (AvgIpc) is 3.22. The zero-order chi connectivity index (χ0) is 16.4. The number of fused-ring (bicyclic) bond motifs is 2. The molecule has 8 nitrogen and oxygen atoms in total. The van der Waals surface area contributed by atoms with Crippen molar-refractivity contribution in [3.63, 3.8) is 0 Å². The van der Waals surface area contributed by atoms with Gasteiger partial charge in [-0.3, -0.25) is 0 Å². The molecule has 2 N–H and O–H groups in total. The lowest BCUT2D eigenvalue weighted by Crippen LogP contribution is -2.35. The van der Waals surface area contributed by atoms with Crippen molar-refractivity contribution in [3.05, 3.63) is 35.4 Å². The number of urea groups is 1. The minimum absolute atomic E-state index is 0.236. The van der Waals surface area contributed by atoms with Gasteiger partial charge >= 0.3 is 6.03 Å². The first-order valence-corrected chi connectivity index (χ1v) is 8.11. The number of benzene rings is 1. The van der Waals surface area contributed by atoms with E-state index < -0.39 is 0 Å². The summed E-state index contributed by atoms with van der Waals surface area (Å²) < 4.78 is 13.1. The van der Waals surface area contributed by atoms with E-state index in [0.29, 0.717) is 26.3 Å². The Kier molecular flexibility index (Phi) is 3.94. The van der Waals surface area contributed by atoms with E-state index in [2.05, 4.69) is 25.4 Å². The van der Waals surface area contributed by atoms with Crippen molar-refractivity contribution in [2.45, 2.75) is 32.5 Å². The molecule has 2 aliphatic rings. The standard InChI is InChI=1S/C16H19N5O3/c22-16(18-10-15-20-19-14-2-1-5-21(14)15)17-9-11-3-4-12-13(8-11)24-7-6-23-12/h3-4,8H,1-2,5-7,9-10H2,(H2,17,18,22). The van der Waals surface area contributed by atoms with Crippen LogP contribution in [-0.4, -0.2) is 34.0 Å². The minimum Gasteiger partial charge on any atom is -0.486 e. The van der Waals surface area contributed by atoms with Gasteiger partial charge in [-0.05, 0) is 24.1 Å². The summed E-state index contributed by atoms with van der Waals surface area (Å²) in [4.78, 5) is 12.0. The number of nitrogens with one attached hydrogen (secondary N) is 2. The van der Waals surface area contributed by atoms with Crippen LogP contribution in [0.5, 0.6) is 11.5 Å². The number of aromatic nitrogens is 3. The number of carbonyl (C=O) groups is 1. The van der Waals surface area contributed by atoms with Crippen molar-refractivity contribution in [2.24, 2.45) is 0 Å². The van der Waals surface area contributed by atoms with E-state index in [4.69, 9.17) is 9.47 Å². The third kappa shape index (κ3) is 2.99. The molecule has 0 radical (unpaired) electrons. The van der Waals surface area contributed by atoms with Gasteiger partial charge in [0.2, 0.25) is 0 Å². The largest absolute Gasteiger partial charge is 0.486 e. The number of carbonyl (C=O) groups excluding carboxylic acids is 1. The Bertz CT molecular complexity index is 758. The van der Waals surface area contributed by atoms with Gasteiger partial charge < -0.3 is 24.7 Å². The number of amides is 2. The van der Waals surface area contributed by atoms with E-state index in [0.717, 1.165) is 48.1 Å². The molecular weight excluding hydrogens is 310 g/mol. The molecule has 0 atom stereocenters. The Morgan fingerprint density at radius 1 is 1.12 bits per heavy atom. The van der Waals surface area contributed by atoms with Gasteiger partial charge in [-0.2, -0.15) is 0 Å². The molecule has 24 heavy (non-hydrogen) atoms. The first-order valence-electron chi connectivity index (χ1n) is 8.11. The second-order valence-electron chi connectivity index (χ2n) is 5.80. The Hall–Kier alpha value is -2.77. The first kappa shape index (κ1) is 14.8. The Balaban J connectivity index is 1.29. The summed E-state index contributed by atoms with van der Waals surface area (Å²) >= 11 is 0. The molecule has 8 heteroatoms. The lowest BCUT2D eigenvalue weighted by Gasteiger charge is -2.19. The van der Waals surface area contributed by atoms with Gasteiger partial charge in [0.05, 0.1) is 6.54 Å². The third-order valence-corrected chi connectivity index (χ3v) is 4.15. The highest BCUT2D eigenvalue weighted by atomic mass is 16.6. The summed E-state index contributed by atoms with van der Waals surface area (Å²) in [5, 5.41) is 13.9. The second kappa shape index (κ2) is 6.38. The highest BCUT2D eigenvalue weighted by molar-refractivity contribution is 5.73. The molecule has 0 saturated carbocycles. The van der Waals surface area contributed by atoms with Crippen LogP contribution >= 0.6 is 0 Å². The topological polar surface area (TPSA) is 90.3 Å². The molecule has 0 aliphatic carbocycles. The maximum absolute atomic E-state index is 12.0. The van der Waals surface area contributed by atoms with Crippen LogP contribution in [0.4, 0.5) is 4.79 Å². The summed E-state index contributed by atoms with van der Waals surface area (Å²) in [6.07, 6.45) is 2.05. The van der Waals surface area contributed by atoms with Gasteiger partial charge in [-0.15, -0.1) is 10.2 Å². The minimum atomic E-state index is -0.236. The summed E-state index contributed by atoms with van der Waals surface area (Å²) in [6.45, 7) is 2.84. The summed E-state index contributed by atoms with van der Waals surface area (Å²) in [5.41, 5.74) is 0.956. The van der Waals surface area contributed by atoms with E-state index in [9.17, 15) is 4.79 Å². The number of ether oxygens (including phenoxy) is 2.